The number of hydrogen-bond donors (Lipinski definition) is 4. The molecule has 2 amide bonds. The van der Waals surface area contributed by atoms with Crippen LogP contribution in [0, 0.1) is 10.8 Å². The van der Waals surface area contributed by atoms with Crippen LogP contribution >= 0.6 is 0 Å². The average Bonchev–Trinajstić information content (AvgIpc) is 2.80. The lowest BCUT2D eigenvalue weighted by Crippen LogP contribution is -2.44. The Morgan fingerprint density at radius 2 is 0.727 bits per heavy atom. The molecule has 2 aromatic carbocycles. The Bertz CT molecular complexity index is 1150. The Balaban J connectivity index is 2.13. The Morgan fingerprint density at radius 3 is 0.932 bits per heavy atom. The predicted octanol–water partition coefficient (Wildman–Crippen LogP) is 9.42. The number of rotatable bonds is 8. The standard InChI is InChI=1S/C39H64N2O3/c1-34(2,3)27-17-25(18-28(31(27)42)35(4,5)6)21-38(13,14)23-40-33(44)41-24-39(15,16)22-26-19-29(36(7,8)9)32(43)30(20-26)37(10,11)12/h17-20,42-43H,21-24H2,1-16H3,(H2,40,41,44). The minimum Gasteiger partial charge on any atom is -0.507 e. The normalized spacial score (nSPS) is 13.6. The highest BCUT2D eigenvalue weighted by molar-refractivity contribution is 5.73. The molecule has 4 N–H and O–H groups in total. The van der Waals surface area contributed by atoms with Gasteiger partial charge in [0.1, 0.15) is 11.5 Å². The van der Waals surface area contributed by atoms with Crippen molar-refractivity contribution in [1.29, 1.82) is 0 Å². The molecule has 0 unspecified atom stereocenters. The fourth-order valence-corrected chi connectivity index (χ4v) is 5.81. The summed E-state index contributed by atoms with van der Waals surface area (Å²) in [6, 6.07) is 8.37. The van der Waals surface area contributed by atoms with Gasteiger partial charge in [0.25, 0.3) is 0 Å². The highest BCUT2D eigenvalue weighted by Crippen LogP contribution is 2.42. The van der Waals surface area contributed by atoms with Gasteiger partial charge in [-0.2, -0.15) is 0 Å². The molecule has 0 aliphatic heterocycles. The number of hydrogen-bond acceptors (Lipinski definition) is 3. The van der Waals surface area contributed by atoms with Gasteiger partial charge in [-0.05, 0) is 78.7 Å². The Morgan fingerprint density at radius 1 is 0.500 bits per heavy atom. The first kappa shape index (κ1) is 37.5. The third-order valence-corrected chi connectivity index (χ3v) is 8.39. The van der Waals surface area contributed by atoms with Crippen molar-refractivity contribution in [2.24, 2.45) is 10.8 Å². The lowest BCUT2D eigenvalue weighted by atomic mass is 9.76. The Labute approximate surface area is 269 Å². The van der Waals surface area contributed by atoms with Crippen molar-refractivity contribution in [3.05, 3.63) is 57.6 Å². The summed E-state index contributed by atoms with van der Waals surface area (Å²) in [6.45, 7) is 35.3. The number of urea groups is 1. The molecule has 0 saturated carbocycles. The van der Waals surface area contributed by atoms with Crippen molar-refractivity contribution in [2.45, 2.75) is 145 Å². The molecule has 2 rings (SSSR count). The van der Waals surface area contributed by atoms with Gasteiger partial charge in [0, 0.05) is 13.1 Å². The first-order chi connectivity index (χ1) is 19.5. The highest BCUT2D eigenvalue weighted by Gasteiger charge is 2.30. The number of aromatic hydroxyl groups is 2. The zero-order chi connectivity index (χ0) is 34.3. The van der Waals surface area contributed by atoms with Crippen molar-refractivity contribution in [3.63, 3.8) is 0 Å². The van der Waals surface area contributed by atoms with E-state index in [9.17, 15) is 15.0 Å². The van der Waals surface area contributed by atoms with E-state index < -0.39 is 0 Å². The topological polar surface area (TPSA) is 81.6 Å². The summed E-state index contributed by atoms with van der Waals surface area (Å²) in [7, 11) is 0. The molecular formula is C39H64N2O3. The molecule has 44 heavy (non-hydrogen) atoms. The van der Waals surface area contributed by atoms with Crippen LogP contribution in [0.4, 0.5) is 4.79 Å². The summed E-state index contributed by atoms with van der Waals surface area (Å²) in [5.41, 5.74) is 5.07. The molecule has 248 valence electrons. The van der Waals surface area contributed by atoms with Crippen LogP contribution in [-0.4, -0.2) is 29.3 Å². The maximum atomic E-state index is 13.0. The number of benzene rings is 2. The second-order valence-corrected chi connectivity index (χ2v) is 18.8. The fourth-order valence-electron chi connectivity index (χ4n) is 5.81. The maximum absolute atomic E-state index is 13.0. The molecule has 0 fully saturated rings. The molecule has 5 nitrogen and oxygen atoms in total. The number of carbonyl (C=O) groups excluding carboxylic acids is 1. The van der Waals surface area contributed by atoms with Crippen molar-refractivity contribution in [3.8, 4) is 11.5 Å². The van der Waals surface area contributed by atoms with E-state index >= 15 is 0 Å². The monoisotopic (exact) mass is 608 g/mol. The molecule has 0 saturated heterocycles. The lowest BCUT2D eigenvalue weighted by molar-refractivity contribution is 0.226. The SMILES string of the molecule is CC(C)(CNC(=O)NCC(C)(C)Cc1cc(C(C)(C)C)c(O)c(C(C)(C)C)c1)Cc1cc(C(C)(C)C)c(O)c(C(C)(C)C)c1. The molecule has 2 aromatic rings. The van der Waals surface area contributed by atoms with E-state index in [4.69, 9.17) is 0 Å². The van der Waals surface area contributed by atoms with Crippen molar-refractivity contribution >= 4 is 6.03 Å². The van der Waals surface area contributed by atoms with Crippen LogP contribution in [0.2, 0.25) is 0 Å². The average molecular weight is 609 g/mol. The molecule has 0 atom stereocenters. The van der Waals surface area contributed by atoms with Crippen LogP contribution in [0.5, 0.6) is 11.5 Å². The zero-order valence-corrected chi connectivity index (χ0v) is 30.9. The second-order valence-electron chi connectivity index (χ2n) is 18.8. The van der Waals surface area contributed by atoms with E-state index in [0.29, 0.717) is 24.6 Å². The van der Waals surface area contributed by atoms with Gasteiger partial charge in [0.05, 0.1) is 0 Å². The molecule has 0 heterocycles. The minimum atomic E-state index is -0.188. The molecular weight excluding hydrogens is 544 g/mol. The van der Waals surface area contributed by atoms with Crippen LogP contribution < -0.4 is 10.6 Å². The van der Waals surface area contributed by atoms with Crippen LogP contribution in [0.15, 0.2) is 24.3 Å². The van der Waals surface area contributed by atoms with E-state index in [2.05, 4.69) is 146 Å². The first-order valence-electron chi connectivity index (χ1n) is 16.3. The predicted molar refractivity (Wildman–Crippen MR) is 187 cm³/mol. The Hall–Kier alpha value is -2.69. The molecule has 0 aliphatic rings. The van der Waals surface area contributed by atoms with E-state index in [1.54, 1.807) is 0 Å². The second kappa shape index (κ2) is 12.6. The van der Waals surface area contributed by atoms with E-state index in [1.165, 1.54) is 11.1 Å². The maximum Gasteiger partial charge on any atom is 0.314 e. The van der Waals surface area contributed by atoms with Gasteiger partial charge in [-0.25, -0.2) is 4.79 Å². The highest BCUT2D eigenvalue weighted by atomic mass is 16.3. The minimum absolute atomic E-state index is 0.168. The van der Waals surface area contributed by atoms with Crippen molar-refractivity contribution < 1.29 is 15.0 Å². The number of nitrogens with one attached hydrogen (secondary N) is 2. The van der Waals surface area contributed by atoms with Gasteiger partial charge in [0.2, 0.25) is 0 Å². The molecule has 0 spiro atoms. The van der Waals surface area contributed by atoms with E-state index in [-0.39, 0.29) is 38.5 Å². The third-order valence-electron chi connectivity index (χ3n) is 8.39. The quantitative estimate of drug-likeness (QED) is 0.241. The summed E-state index contributed by atoms with van der Waals surface area (Å²) < 4.78 is 0. The van der Waals surface area contributed by atoms with Gasteiger partial charge < -0.3 is 20.8 Å². The van der Waals surface area contributed by atoms with Gasteiger partial charge in [-0.3, -0.25) is 0 Å². The summed E-state index contributed by atoms with van der Waals surface area (Å²) in [4.78, 5) is 13.0. The number of carbonyl (C=O) groups is 1. The van der Waals surface area contributed by atoms with E-state index in [1.807, 2.05) is 0 Å². The Kier molecular flexibility index (Phi) is 10.7. The lowest BCUT2D eigenvalue weighted by Gasteiger charge is -2.31. The van der Waals surface area contributed by atoms with Crippen molar-refractivity contribution in [2.75, 3.05) is 13.1 Å². The first-order valence-corrected chi connectivity index (χ1v) is 16.3. The molecule has 5 heteroatoms. The van der Waals surface area contributed by atoms with Gasteiger partial charge in [0.15, 0.2) is 0 Å². The van der Waals surface area contributed by atoms with Crippen molar-refractivity contribution in [1.82, 2.24) is 10.6 Å². The molecule has 0 radical (unpaired) electrons. The van der Waals surface area contributed by atoms with Crippen LogP contribution in [0.1, 0.15) is 144 Å². The van der Waals surface area contributed by atoms with Gasteiger partial charge in [-0.15, -0.1) is 0 Å². The van der Waals surface area contributed by atoms with Crippen LogP contribution in [0.3, 0.4) is 0 Å². The molecule has 0 aliphatic carbocycles. The largest absolute Gasteiger partial charge is 0.507 e. The molecule has 0 aromatic heterocycles. The number of phenolic OH excluding ortho intramolecular Hbond substituents is 2. The van der Waals surface area contributed by atoms with Crippen LogP contribution in [0.25, 0.3) is 0 Å². The summed E-state index contributed by atoms with van der Waals surface area (Å²) in [5.74, 6) is 0.784. The fraction of sp³-hybridized carbons (Fsp3) is 0.667. The van der Waals surface area contributed by atoms with Gasteiger partial charge in [-0.1, -0.05) is 135 Å². The van der Waals surface area contributed by atoms with Gasteiger partial charge >= 0.3 is 6.03 Å². The summed E-state index contributed by atoms with van der Waals surface area (Å²) in [5, 5.41) is 28.4. The smallest absolute Gasteiger partial charge is 0.314 e. The number of phenols is 2. The molecule has 0 bridgehead atoms. The zero-order valence-electron chi connectivity index (χ0n) is 30.9. The number of amides is 2. The van der Waals surface area contributed by atoms with Crippen LogP contribution in [-0.2, 0) is 34.5 Å². The summed E-state index contributed by atoms with van der Waals surface area (Å²) >= 11 is 0. The van der Waals surface area contributed by atoms with E-state index in [0.717, 1.165) is 35.1 Å². The summed E-state index contributed by atoms with van der Waals surface area (Å²) in [6.07, 6.45) is 1.55. The third kappa shape index (κ3) is 10.2.